The minimum absolute atomic E-state index is 0.0861. The Morgan fingerprint density at radius 3 is 2.71 bits per heavy atom. The van der Waals surface area contributed by atoms with Crippen LogP contribution in [-0.4, -0.2) is 45.2 Å². The van der Waals surface area contributed by atoms with Crippen molar-refractivity contribution in [1.82, 2.24) is 4.72 Å². The van der Waals surface area contributed by atoms with E-state index in [0.29, 0.717) is 6.54 Å². The highest BCUT2D eigenvalue weighted by molar-refractivity contribution is 7.98. The monoisotopic (exact) mass is 333 g/mol. The first-order valence-corrected chi connectivity index (χ1v) is 9.09. The second-order valence-corrected chi connectivity index (χ2v) is 7.26. The second-order valence-electron chi connectivity index (χ2n) is 4.58. The van der Waals surface area contributed by atoms with Crippen molar-refractivity contribution in [3.05, 3.63) is 23.8 Å². The van der Waals surface area contributed by atoms with Crippen LogP contribution in [0.4, 0.5) is 0 Å². The van der Waals surface area contributed by atoms with Gasteiger partial charge >= 0.3 is 5.97 Å². The Kier molecular flexibility index (Phi) is 6.50. The lowest BCUT2D eigenvalue weighted by atomic mass is 10.2. The average molecular weight is 333 g/mol. The van der Waals surface area contributed by atoms with Gasteiger partial charge in [-0.15, -0.1) is 0 Å². The Bertz CT molecular complexity index is 601. The van der Waals surface area contributed by atoms with Crippen LogP contribution in [0, 0.1) is 5.92 Å². The van der Waals surface area contributed by atoms with Crippen molar-refractivity contribution >= 4 is 27.8 Å². The van der Waals surface area contributed by atoms with Crippen molar-refractivity contribution in [3.8, 4) is 5.75 Å². The number of esters is 1. The lowest BCUT2D eigenvalue weighted by molar-refractivity contribution is 0.0597. The maximum atomic E-state index is 12.2. The molecule has 1 aromatic carbocycles. The predicted molar refractivity (Wildman–Crippen MR) is 82.2 cm³/mol. The standard InChI is InChI=1S/C13H19NO5S2/c1-9(8-20-3)7-14-21(17,18)10-4-5-12(15)11(6-10)13(16)19-2/h4-6,9,14-15H,7-8H2,1-3H3. The van der Waals surface area contributed by atoms with Crippen molar-refractivity contribution < 1.29 is 23.1 Å². The highest BCUT2D eigenvalue weighted by Crippen LogP contribution is 2.22. The molecule has 1 aromatic rings. The van der Waals surface area contributed by atoms with E-state index >= 15 is 0 Å². The maximum absolute atomic E-state index is 12.2. The summed E-state index contributed by atoms with van der Waals surface area (Å²) in [5.74, 6) is -0.0882. The molecule has 0 aliphatic carbocycles. The fourth-order valence-corrected chi connectivity index (χ4v) is 3.51. The van der Waals surface area contributed by atoms with Gasteiger partial charge in [0.2, 0.25) is 10.0 Å². The summed E-state index contributed by atoms with van der Waals surface area (Å²) >= 11 is 1.64. The first kappa shape index (κ1) is 17.8. The maximum Gasteiger partial charge on any atom is 0.341 e. The number of thioether (sulfide) groups is 1. The molecule has 0 fully saturated rings. The number of ether oxygens (including phenoxy) is 1. The minimum atomic E-state index is -3.73. The number of hydrogen-bond acceptors (Lipinski definition) is 6. The van der Waals surface area contributed by atoms with Gasteiger partial charge in [-0.1, -0.05) is 6.92 Å². The van der Waals surface area contributed by atoms with Gasteiger partial charge in [0, 0.05) is 6.54 Å². The highest BCUT2D eigenvalue weighted by Gasteiger charge is 2.20. The van der Waals surface area contributed by atoms with Crippen LogP contribution in [0.3, 0.4) is 0 Å². The Morgan fingerprint density at radius 2 is 2.14 bits per heavy atom. The number of benzene rings is 1. The van der Waals surface area contributed by atoms with E-state index < -0.39 is 16.0 Å². The number of methoxy groups -OCH3 is 1. The molecule has 1 unspecified atom stereocenters. The number of phenols is 1. The normalized spacial score (nSPS) is 12.9. The van der Waals surface area contributed by atoms with Gasteiger partial charge < -0.3 is 9.84 Å². The van der Waals surface area contributed by atoms with Crippen LogP contribution in [0.1, 0.15) is 17.3 Å². The largest absolute Gasteiger partial charge is 0.507 e. The van der Waals surface area contributed by atoms with E-state index in [-0.39, 0.29) is 22.1 Å². The summed E-state index contributed by atoms with van der Waals surface area (Å²) in [6, 6.07) is 3.50. The molecule has 0 bridgehead atoms. The average Bonchev–Trinajstić information content (AvgIpc) is 2.45. The molecule has 2 N–H and O–H groups in total. The van der Waals surface area contributed by atoms with Crippen LogP contribution >= 0.6 is 11.8 Å². The SMILES string of the molecule is COC(=O)c1cc(S(=O)(=O)NCC(C)CSC)ccc1O. The summed E-state index contributed by atoms with van der Waals surface area (Å²) in [6.07, 6.45) is 1.95. The number of hydrogen-bond donors (Lipinski definition) is 2. The first-order valence-electron chi connectivity index (χ1n) is 6.21. The van der Waals surface area contributed by atoms with Gasteiger partial charge in [-0.2, -0.15) is 11.8 Å². The van der Waals surface area contributed by atoms with E-state index in [2.05, 4.69) is 9.46 Å². The van der Waals surface area contributed by atoms with E-state index in [1.807, 2.05) is 13.2 Å². The number of sulfonamides is 1. The van der Waals surface area contributed by atoms with Gasteiger partial charge in [-0.05, 0) is 36.1 Å². The third kappa shape index (κ3) is 4.90. The van der Waals surface area contributed by atoms with Crippen LogP contribution in [0.25, 0.3) is 0 Å². The van der Waals surface area contributed by atoms with Gasteiger partial charge in [-0.25, -0.2) is 17.9 Å². The molecule has 0 saturated heterocycles. The van der Waals surface area contributed by atoms with Crippen molar-refractivity contribution in [3.63, 3.8) is 0 Å². The van der Waals surface area contributed by atoms with Crippen LogP contribution in [0.15, 0.2) is 23.1 Å². The van der Waals surface area contributed by atoms with Crippen LogP contribution in [0.5, 0.6) is 5.75 Å². The molecule has 0 aliphatic rings. The molecule has 21 heavy (non-hydrogen) atoms. The molecule has 1 rings (SSSR count). The molecule has 0 amide bonds. The zero-order valence-corrected chi connectivity index (χ0v) is 13.8. The van der Waals surface area contributed by atoms with Crippen molar-refractivity contribution in [2.24, 2.45) is 5.92 Å². The molecular weight excluding hydrogens is 314 g/mol. The summed E-state index contributed by atoms with van der Waals surface area (Å²) in [5, 5.41) is 9.57. The molecular formula is C13H19NO5S2. The molecule has 0 heterocycles. The van der Waals surface area contributed by atoms with Gasteiger partial charge in [0.25, 0.3) is 0 Å². The number of phenolic OH excluding ortho intramolecular Hbond substituents is 1. The van der Waals surface area contributed by atoms with Crippen molar-refractivity contribution in [2.45, 2.75) is 11.8 Å². The number of carbonyl (C=O) groups is 1. The number of aromatic hydroxyl groups is 1. The van der Waals surface area contributed by atoms with Gasteiger partial charge in [0.05, 0.1) is 12.0 Å². The zero-order valence-electron chi connectivity index (χ0n) is 12.1. The Balaban J connectivity index is 2.96. The van der Waals surface area contributed by atoms with Crippen molar-refractivity contribution in [2.75, 3.05) is 25.7 Å². The fourth-order valence-electron chi connectivity index (χ4n) is 1.63. The molecule has 0 spiro atoms. The quantitative estimate of drug-likeness (QED) is 0.734. The summed E-state index contributed by atoms with van der Waals surface area (Å²) in [7, 11) is -2.57. The first-order chi connectivity index (χ1) is 9.81. The summed E-state index contributed by atoms with van der Waals surface area (Å²) < 4.78 is 31.3. The smallest absolute Gasteiger partial charge is 0.341 e. The van der Waals surface area contributed by atoms with Gasteiger partial charge in [0.15, 0.2) is 0 Å². The van der Waals surface area contributed by atoms with Crippen molar-refractivity contribution in [1.29, 1.82) is 0 Å². The molecule has 118 valence electrons. The Labute approximate surface area is 128 Å². The second kappa shape index (κ2) is 7.67. The fraction of sp³-hybridized carbons (Fsp3) is 0.462. The summed E-state index contributed by atoms with van der Waals surface area (Å²) in [4.78, 5) is 11.4. The van der Waals surface area contributed by atoms with E-state index in [9.17, 15) is 18.3 Å². The van der Waals surface area contributed by atoms with Crippen LogP contribution in [-0.2, 0) is 14.8 Å². The summed E-state index contributed by atoms with van der Waals surface area (Å²) in [6.45, 7) is 2.24. The van der Waals surface area contributed by atoms with E-state index in [1.165, 1.54) is 6.07 Å². The van der Waals surface area contributed by atoms with Gasteiger partial charge in [0.1, 0.15) is 11.3 Å². The van der Waals surface area contributed by atoms with E-state index in [0.717, 1.165) is 25.0 Å². The molecule has 0 radical (unpaired) electrons. The topological polar surface area (TPSA) is 92.7 Å². The molecule has 0 saturated carbocycles. The minimum Gasteiger partial charge on any atom is -0.507 e. The van der Waals surface area contributed by atoms with E-state index in [4.69, 9.17) is 0 Å². The number of nitrogens with one attached hydrogen (secondary N) is 1. The summed E-state index contributed by atoms with van der Waals surface area (Å²) in [5.41, 5.74) is -0.183. The van der Waals surface area contributed by atoms with E-state index in [1.54, 1.807) is 11.8 Å². The lowest BCUT2D eigenvalue weighted by Gasteiger charge is -2.12. The Hall–Kier alpha value is -1.25. The van der Waals surface area contributed by atoms with Crippen LogP contribution < -0.4 is 4.72 Å². The zero-order chi connectivity index (χ0) is 16.0. The molecule has 0 aromatic heterocycles. The van der Waals surface area contributed by atoms with Gasteiger partial charge in [-0.3, -0.25) is 0 Å². The van der Waals surface area contributed by atoms with Crippen LogP contribution in [0.2, 0.25) is 0 Å². The third-order valence-corrected chi connectivity index (χ3v) is 5.08. The number of carbonyl (C=O) groups excluding carboxylic acids is 1. The third-order valence-electron chi connectivity index (χ3n) is 2.76. The molecule has 8 heteroatoms. The predicted octanol–water partition coefficient (Wildman–Crippen LogP) is 1.46. The molecule has 0 aliphatic heterocycles. The Morgan fingerprint density at radius 1 is 1.48 bits per heavy atom. The molecule has 6 nitrogen and oxygen atoms in total. The number of rotatable bonds is 7. The lowest BCUT2D eigenvalue weighted by Crippen LogP contribution is -2.29. The molecule has 1 atom stereocenters. The highest BCUT2D eigenvalue weighted by atomic mass is 32.2.